The van der Waals surface area contributed by atoms with Crippen LogP contribution in [-0.2, 0) is 22.8 Å². The first-order valence-electron chi connectivity index (χ1n) is 9.06. The number of pyridine rings is 1. The first kappa shape index (κ1) is 18.2. The van der Waals surface area contributed by atoms with E-state index in [1.54, 1.807) is 0 Å². The zero-order valence-corrected chi connectivity index (χ0v) is 16.2. The van der Waals surface area contributed by atoms with Crippen molar-refractivity contribution in [3.63, 3.8) is 0 Å². The van der Waals surface area contributed by atoms with E-state index in [1.807, 2.05) is 6.92 Å². The third-order valence-corrected chi connectivity index (χ3v) is 6.07. The van der Waals surface area contributed by atoms with Crippen molar-refractivity contribution in [1.82, 2.24) is 14.5 Å². The summed E-state index contributed by atoms with van der Waals surface area (Å²) < 4.78 is 24.8. The van der Waals surface area contributed by atoms with Gasteiger partial charge >= 0.3 is 0 Å². The number of nitrogen functional groups attached to an aromatic ring is 1. The van der Waals surface area contributed by atoms with Gasteiger partial charge in [0.05, 0.1) is 5.52 Å². The molecule has 2 aromatic heterocycles. The number of nitrogens with two attached hydrogens (primary N) is 1. The number of hydrogen-bond acceptors (Lipinski definition) is 5. The molecule has 2 N–H and O–H groups in total. The van der Waals surface area contributed by atoms with Crippen LogP contribution in [0.1, 0.15) is 49.2 Å². The fourth-order valence-corrected chi connectivity index (χ4v) is 4.06. The number of nitrogens with zero attached hydrogens (tertiary/aromatic N) is 3. The average molecular weight is 365 g/mol. The molecule has 2 aromatic rings. The summed E-state index contributed by atoms with van der Waals surface area (Å²) in [4.78, 5) is 9.23. The fraction of sp³-hybridized carbons (Fsp3) is 0.667. The van der Waals surface area contributed by atoms with Crippen LogP contribution in [0.25, 0.3) is 11.0 Å². The molecule has 3 rings (SSSR count). The van der Waals surface area contributed by atoms with E-state index < -0.39 is 9.84 Å². The molecule has 0 bridgehead atoms. The number of unbranched alkanes of at least 4 members (excludes halogenated alkanes) is 2. The number of fused-ring (bicyclic) bond motifs is 1. The number of rotatable bonds is 8. The van der Waals surface area contributed by atoms with Crippen molar-refractivity contribution < 1.29 is 8.42 Å². The van der Waals surface area contributed by atoms with Crippen LogP contribution in [-0.4, -0.2) is 35.0 Å². The monoisotopic (exact) mass is 364 g/mol. The average Bonchev–Trinajstić information content (AvgIpc) is 3.24. The second kappa shape index (κ2) is 6.94. The Kier molecular flexibility index (Phi) is 5.04. The highest BCUT2D eigenvalue weighted by Crippen LogP contribution is 2.34. The third-order valence-electron chi connectivity index (χ3n) is 5.04. The smallest absolute Gasteiger partial charge is 0.151 e. The van der Waals surface area contributed by atoms with Gasteiger partial charge in [-0.15, -0.1) is 0 Å². The summed E-state index contributed by atoms with van der Waals surface area (Å²) in [6.45, 7) is 4.91. The third kappa shape index (κ3) is 4.32. The number of aryl methyl sites for hydroxylation is 3. The Labute approximate surface area is 149 Å². The first-order valence-corrected chi connectivity index (χ1v) is 11.1. The summed E-state index contributed by atoms with van der Waals surface area (Å²) in [6, 6.07) is 0. The van der Waals surface area contributed by atoms with Crippen molar-refractivity contribution in [3.05, 3.63) is 17.1 Å². The molecule has 0 spiro atoms. The molecule has 138 valence electrons. The quantitative estimate of drug-likeness (QED) is 0.727. The minimum Gasteiger partial charge on any atom is -0.382 e. The molecule has 2 heterocycles. The number of sulfone groups is 1. The number of hydrogen-bond donors (Lipinski definition) is 1. The predicted molar refractivity (Wildman–Crippen MR) is 101 cm³/mol. The van der Waals surface area contributed by atoms with E-state index in [1.165, 1.54) is 19.1 Å². The number of aromatic nitrogens is 3. The largest absolute Gasteiger partial charge is 0.382 e. The Morgan fingerprint density at radius 2 is 1.88 bits per heavy atom. The molecule has 1 aliphatic rings. The van der Waals surface area contributed by atoms with Crippen LogP contribution in [0.4, 0.5) is 5.82 Å². The molecule has 0 amide bonds. The maximum absolute atomic E-state index is 11.3. The molecule has 1 fully saturated rings. The van der Waals surface area contributed by atoms with Crippen molar-refractivity contribution in [2.75, 3.05) is 17.7 Å². The lowest BCUT2D eigenvalue weighted by atomic mass is 10.2. The maximum Gasteiger partial charge on any atom is 0.151 e. The topological polar surface area (TPSA) is 90.9 Å². The molecule has 0 aromatic carbocycles. The van der Waals surface area contributed by atoms with Gasteiger partial charge in [0.1, 0.15) is 21.2 Å². The van der Waals surface area contributed by atoms with Crippen LogP contribution in [0.3, 0.4) is 0 Å². The molecule has 0 radical (unpaired) electrons. The van der Waals surface area contributed by atoms with E-state index in [0.29, 0.717) is 12.2 Å². The lowest BCUT2D eigenvalue weighted by molar-refractivity contribution is 0.571. The fourth-order valence-electron chi connectivity index (χ4n) is 3.33. The van der Waals surface area contributed by atoms with Gasteiger partial charge in [-0.25, -0.2) is 18.4 Å². The number of anilines is 1. The van der Waals surface area contributed by atoms with Crippen molar-refractivity contribution >= 4 is 26.7 Å². The summed E-state index contributed by atoms with van der Waals surface area (Å²) in [5, 5.41) is 0. The van der Waals surface area contributed by atoms with E-state index in [4.69, 9.17) is 10.7 Å². The van der Waals surface area contributed by atoms with Gasteiger partial charge in [0.25, 0.3) is 0 Å². The van der Waals surface area contributed by atoms with Crippen LogP contribution in [0.5, 0.6) is 0 Å². The molecule has 0 unspecified atom stereocenters. The first-order chi connectivity index (χ1) is 11.8. The summed E-state index contributed by atoms with van der Waals surface area (Å²) in [6.07, 6.45) is 7.41. The minimum absolute atomic E-state index is 0.265. The Morgan fingerprint density at radius 3 is 2.52 bits per heavy atom. The Bertz CT molecular complexity index is 882. The Hall–Kier alpha value is -1.63. The SMILES string of the molecule is Cc1nc(N)c2nc(CC3CC3)n(CCCCCS(C)(=O)=O)c2c1C. The van der Waals surface area contributed by atoms with Crippen molar-refractivity contribution in [2.45, 2.75) is 58.9 Å². The molecule has 1 aliphatic carbocycles. The maximum atomic E-state index is 11.3. The van der Waals surface area contributed by atoms with Crippen LogP contribution in [0.15, 0.2) is 0 Å². The van der Waals surface area contributed by atoms with Crippen molar-refractivity contribution in [1.29, 1.82) is 0 Å². The van der Waals surface area contributed by atoms with E-state index in [2.05, 4.69) is 16.5 Å². The van der Waals surface area contributed by atoms with Crippen LogP contribution in [0.2, 0.25) is 0 Å². The summed E-state index contributed by atoms with van der Waals surface area (Å²) >= 11 is 0. The predicted octanol–water partition coefficient (Wildman–Crippen LogP) is 2.80. The van der Waals surface area contributed by atoms with Gasteiger partial charge in [0.2, 0.25) is 0 Å². The zero-order valence-electron chi connectivity index (χ0n) is 15.4. The zero-order chi connectivity index (χ0) is 18.2. The van der Waals surface area contributed by atoms with Gasteiger partial charge in [0, 0.05) is 30.7 Å². The van der Waals surface area contributed by atoms with Gasteiger partial charge in [-0.05, 0) is 51.0 Å². The van der Waals surface area contributed by atoms with Gasteiger partial charge in [-0.2, -0.15) is 0 Å². The highest BCUT2D eigenvalue weighted by Gasteiger charge is 2.26. The second-order valence-corrected chi connectivity index (χ2v) is 9.68. The molecular weight excluding hydrogens is 336 g/mol. The van der Waals surface area contributed by atoms with Crippen molar-refractivity contribution in [2.24, 2.45) is 5.92 Å². The van der Waals surface area contributed by atoms with Crippen molar-refractivity contribution in [3.8, 4) is 0 Å². The van der Waals surface area contributed by atoms with Gasteiger partial charge in [0.15, 0.2) is 5.82 Å². The number of imidazole rings is 1. The van der Waals surface area contributed by atoms with E-state index in [0.717, 1.165) is 59.8 Å². The minimum atomic E-state index is -2.87. The normalized spacial score (nSPS) is 15.2. The Balaban J connectivity index is 1.83. The lowest BCUT2D eigenvalue weighted by Crippen LogP contribution is -2.08. The molecule has 7 heteroatoms. The molecule has 0 saturated heterocycles. The summed E-state index contributed by atoms with van der Waals surface area (Å²) in [7, 11) is -2.87. The van der Waals surface area contributed by atoms with Crippen LogP contribution < -0.4 is 5.73 Å². The van der Waals surface area contributed by atoms with E-state index in [-0.39, 0.29) is 5.75 Å². The highest BCUT2D eigenvalue weighted by atomic mass is 32.2. The summed E-state index contributed by atoms with van der Waals surface area (Å²) in [5.74, 6) is 2.62. The standard InChI is InChI=1S/C18H28N4O2S/c1-12-13(2)20-18(19)16-17(12)22(15(21-16)11-14-7-8-14)9-5-4-6-10-25(3,23)24/h14H,4-11H2,1-3H3,(H2,19,20). The van der Waals surface area contributed by atoms with Gasteiger partial charge < -0.3 is 10.3 Å². The highest BCUT2D eigenvalue weighted by molar-refractivity contribution is 7.90. The molecule has 25 heavy (non-hydrogen) atoms. The summed E-state index contributed by atoms with van der Waals surface area (Å²) in [5.41, 5.74) is 10.1. The second-order valence-electron chi connectivity index (χ2n) is 7.42. The molecule has 0 aliphatic heterocycles. The molecular formula is C18H28N4O2S. The van der Waals surface area contributed by atoms with Crippen LogP contribution >= 0.6 is 0 Å². The lowest BCUT2D eigenvalue weighted by Gasteiger charge is -2.11. The van der Waals surface area contributed by atoms with Gasteiger partial charge in [-0.3, -0.25) is 0 Å². The van der Waals surface area contributed by atoms with E-state index >= 15 is 0 Å². The van der Waals surface area contributed by atoms with Crippen LogP contribution in [0, 0.1) is 19.8 Å². The molecule has 6 nitrogen and oxygen atoms in total. The Morgan fingerprint density at radius 1 is 1.16 bits per heavy atom. The van der Waals surface area contributed by atoms with E-state index in [9.17, 15) is 8.42 Å². The van der Waals surface area contributed by atoms with Gasteiger partial charge in [-0.1, -0.05) is 6.42 Å². The molecule has 0 atom stereocenters. The molecule has 1 saturated carbocycles.